The molecule has 0 fully saturated rings. The van der Waals surface area contributed by atoms with Gasteiger partial charge in [0.25, 0.3) is 0 Å². The fraction of sp³-hybridized carbons (Fsp3) is 0.385. The first-order chi connectivity index (χ1) is 8.63. The monoisotopic (exact) mass is 268 g/mol. The van der Waals surface area contributed by atoms with Crippen molar-refractivity contribution in [2.75, 3.05) is 19.1 Å². The molecule has 1 aromatic heterocycles. The number of nitrogen functional groups attached to an aromatic ring is 1. The zero-order valence-corrected chi connectivity index (χ0v) is 12.3. The van der Waals surface area contributed by atoms with Crippen molar-refractivity contribution in [2.45, 2.75) is 20.8 Å². The highest BCUT2D eigenvalue weighted by Crippen LogP contribution is 2.25. The molecule has 1 rings (SSSR count). The maximum Gasteiger partial charge on any atom is 0.341 e. The Morgan fingerprint density at radius 3 is 2.44 bits per heavy atom. The molecule has 0 spiro atoms. The summed E-state index contributed by atoms with van der Waals surface area (Å²) in [5.74, 6) is -0.277. The Morgan fingerprint density at radius 2 is 2.06 bits per heavy atom. The van der Waals surface area contributed by atoms with Crippen LogP contribution < -0.4 is 5.73 Å². The standard InChI is InChI=1S/C11H14N2O2S.C2H6/c1-4-9(16-3)8-6-5-7(10(12)13-8)11(14)15-2;1-2/h4-6H,1-3H3,(H2,12,13);1-2H3/b9-4-;. The van der Waals surface area contributed by atoms with Gasteiger partial charge in [-0.3, -0.25) is 0 Å². The molecular weight excluding hydrogens is 248 g/mol. The average molecular weight is 268 g/mol. The number of methoxy groups -OCH3 is 1. The number of carbonyl (C=O) groups excluding carboxylic acids is 1. The summed E-state index contributed by atoms with van der Waals surface area (Å²) in [4.78, 5) is 16.5. The van der Waals surface area contributed by atoms with Gasteiger partial charge in [0.05, 0.1) is 12.8 Å². The highest BCUT2D eigenvalue weighted by molar-refractivity contribution is 8.07. The van der Waals surface area contributed by atoms with E-state index in [2.05, 4.69) is 9.72 Å². The first-order valence-corrected chi connectivity index (χ1v) is 6.92. The van der Waals surface area contributed by atoms with E-state index in [-0.39, 0.29) is 5.82 Å². The summed E-state index contributed by atoms with van der Waals surface area (Å²) in [5, 5.41) is 0. The predicted octanol–water partition coefficient (Wildman–Crippen LogP) is 3.20. The van der Waals surface area contributed by atoms with Gasteiger partial charge in [-0.05, 0) is 25.3 Å². The molecule has 5 heteroatoms. The molecule has 4 nitrogen and oxygen atoms in total. The van der Waals surface area contributed by atoms with Crippen molar-refractivity contribution in [3.8, 4) is 0 Å². The molecular formula is C13H20N2O2S. The molecule has 0 atom stereocenters. The highest BCUT2D eigenvalue weighted by atomic mass is 32.2. The topological polar surface area (TPSA) is 65.2 Å². The minimum absolute atomic E-state index is 0.192. The average Bonchev–Trinajstić information content (AvgIpc) is 2.42. The van der Waals surface area contributed by atoms with Crippen molar-refractivity contribution in [3.63, 3.8) is 0 Å². The number of allylic oxidation sites excluding steroid dienone is 1. The third kappa shape index (κ3) is 4.07. The summed E-state index contributed by atoms with van der Waals surface area (Å²) in [5.41, 5.74) is 6.75. The molecule has 0 aromatic carbocycles. The lowest BCUT2D eigenvalue weighted by Crippen LogP contribution is -2.08. The summed E-state index contributed by atoms with van der Waals surface area (Å²) >= 11 is 1.58. The highest BCUT2D eigenvalue weighted by Gasteiger charge is 2.12. The number of anilines is 1. The maximum absolute atomic E-state index is 11.3. The van der Waals surface area contributed by atoms with Gasteiger partial charge in [0.1, 0.15) is 11.4 Å². The molecule has 0 aliphatic rings. The Morgan fingerprint density at radius 1 is 1.44 bits per heavy atom. The zero-order valence-electron chi connectivity index (χ0n) is 11.5. The summed E-state index contributed by atoms with van der Waals surface area (Å²) in [6, 6.07) is 3.39. The number of hydrogen-bond donors (Lipinski definition) is 1. The van der Waals surface area contributed by atoms with Crippen LogP contribution in [0.15, 0.2) is 18.2 Å². The third-order valence-electron chi connectivity index (χ3n) is 2.06. The number of esters is 1. The maximum atomic E-state index is 11.3. The molecule has 0 radical (unpaired) electrons. The molecule has 18 heavy (non-hydrogen) atoms. The van der Waals surface area contributed by atoms with Crippen molar-refractivity contribution in [1.29, 1.82) is 0 Å². The second kappa shape index (κ2) is 8.58. The summed E-state index contributed by atoms with van der Waals surface area (Å²) in [6.07, 6.45) is 3.91. The van der Waals surface area contributed by atoms with E-state index in [1.165, 1.54) is 7.11 Å². The Labute approximate surface area is 113 Å². The van der Waals surface area contributed by atoms with E-state index < -0.39 is 5.97 Å². The second-order valence-corrected chi connectivity index (χ2v) is 3.83. The molecule has 100 valence electrons. The van der Waals surface area contributed by atoms with E-state index >= 15 is 0 Å². The fourth-order valence-electron chi connectivity index (χ4n) is 1.27. The number of thioether (sulfide) groups is 1. The van der Waals surface area contributed by atoms with Crippen LogP contribution in [-0.2, 0) is 4.74 Å². The van der Waals surface area contributed by atoms with E-state index in [9.17, 15) is 4.79 Å². The van der Waals surface area contributed by atoms with Gasteiger partial charge in [-0.2, -0.15) is 0 Å². The number of hydrogen-bond acceptors (Lipinski definition) is 5. The van der Waals surface area contributed by atoms with E-state index in [1.807, 2.05) is 33.1 Å². The van der Waals surface area contributed by atoms with Crippen LogP contribution in [0.2, 0.25) is 0 Å². The van der Waals surface area contributed by atoms with Crippen LogP contribution in [0.4, 0.5) is 5.82 Å². The van der Waals surface area contributed by atoms with Gasteiger partial charge in [0.2, 0.25) is 0 Å². The van der Waals surface area contributed by atoms with Crippen molar-refractivity contribution in [2.24, 2.45) is 0 Å². The van der Waals surface area contributed by atoms with E-state index in [0.29, 0.717) is 5.56 Å². The lowest BCUT2D eigenvalue weighted by Gasteiger charge is -2.07. The molecule has 0 aliphatic carbocycles. The molecule has 0 saturated carbocycles. The Kier molecular flexibility index (Phi) is 7.87. The van der Waals surface area contributed by atoms with Crippen LogP contribution in [0.25, 0.3) is 4.91 Å². The van der Waals surface area contributed by atoms with Gasteiger partial charge in [-0.1, -0.05) is 19.9 Å². The van der Waals surface area contributed by atoms with Gasteiger partial charge >= 0.3 is 5.97 Å². The number of nitrogens with zero attached hydrogens (tertiary/aromatic N) is 1. The summed E-state index contributed by atoms with van der Waals surface area (Å²) in [7, 11) is 1.31. The van der Waals surface area contributed by atoms with E-state index in [4.69, 9.17) is 5.73 Å². The van der Waals surface area contributed by atoms with Crippen molar-refractivity contribution in [1.82, 2.24) is 4.98 Å². The normalized spacial score (nSPS) is 10.4. The van der Waals surface area contributed by atoms with Crippen molar-refractivity contribution in [3.05, 3.63) is 29.5 Å². The van der Waals surface area contributed by atoms with Crippen LogP contribution >= 0.6 is 11.8 Å². The lowest BCUT2D eigenvalue weighted by molar-refractivity contribution is 0.0601. The molecule has 2 N–H and O–H groups in total. The Hall–Kier alpha value is -1.49. The molecule has 1 aromatic rings. The first kappa shape index (κ1) is 16.5. The number of carbonyl (C=O) groups is 1. The van der Waals surface area contributed by atoms with Gasteiger partial charge in [-0.15, -0.1) is 11.8 Å². The fourth-order valence-corrected chi connectivity index (χ4v) is 1.82. The summed E-state index contributed by atoms with van der Waals surface area (Å²) < 4.78 is 4.59. The second-order valence-electron chi connectivity index (χ2n) is 2.98. The molecule has 0 amide bonds. The molecule has 0 unspecified atom stereocenters. The van der Waals surface area contributed by atoms with Gasteiger partial charge in [0, 0.05) is 4.91 Å². The number of rotatable bonds is 3. The largest absolute Gasteiger partial charge is 0.465 e. The smallest absolute Gasteiger partial charge is 0.341 e. The number of nitrogens with two attached hydrogens (primary N) is 1. The van der Waals surface area contributed by atoms with Gasteiger partial charge in [0.15, 0.2) is 0 Å². The van der Waals surface area contributed by atoms with Crippen LogP contribution in [0.3, 0.4) is 0 Å². The van der Waals surface area contributed by atoms with Crippen LogP contribution in [0, 0.1) is 0 Å². The summed E-state index contributed by atoms with van der Waals surface area (Å²) in [6.45, 7) is 5.93. The molecule has 0 aliphatic heterocycles. The van der Waals surface area contributed by atoms with Crippen LogP contribution in [0.1, 0.15) is 36.8 Å². The quantitative estimate of drug-likeness (QED) is 0.853. The minimum Gasteiger partial charge on any atom is -0.465 e. The van der Waals surface area contributed by atoms with Crippen molar-refractivity contribution < 1.29 is 9.53 Å². The van der Waals surface area contributed by atoms with Gasteiger partial charge < -0.3 is 10.5 Å². The molecule has 0 bridgehead atoms. The van der Waals surface area contributed by atoms with Crippen molar-refractivity contribution >= 4 is 28.5 Å². The Balaban J connectivity index is 0.00000137. The lowest BCUT2D eigenvalue weighted by atomic mass is 10.2. The number of aromatic nitrogens is 1. The first-order valence-electron chi connectivity index (χ1n) is 5.69. The molecule has 1 heterocycles. The number of pyridine rings is 1. The predicted molar refractivity (Wildman–Crippen MR) is 78.5 cm³/mol. The Bertz CT molecular complexity index is 431. The van der Waals surface area contributed by atoms with Crippen LogP contribution in [-0.4, -0.2) is 24.3 Å². The van der Waals surface area contributed by atoms with E-state index in [1.54, 1.807) is 23.9 Å². The van der Waals surface area contributed by atoms with Crippen LogP contribution in [0.5, 0.6) is 0 Å². The SMILES string of the molecule is C/C=C(\SC)c1ccc(C(=O)OC)c(N)n1.CC. The molecule has 0 saturated heterocycles. The van der Waals surface area contributed by atoms with E-state index in [0.717, 1.165) is 10.6 Å². The number of ether oxygens (including phenoxy) is 1. The zero-order chi connectivity index (χ0) is 14.1. The minimum atomic E-state index is -0.470. The third-order valence-corrected chi connectivity index (χ3v) is 2.95. The van der Waals surface area contributed by atoms with Gasteiger partial charge in [-0.25, -0.2) is 9.78 Å².